The van der Waals surface area contributed by atoms with Crippen molar-refractivity contribution in [3.63, 3.8) is 0 Å². The lowest BCUT2D eigenvalue weighted by Crippen LogP contribution is -2.53. The third-order valence-corrected chi connectivity index (χ3v) is 5.64. The summed E-state index contributed by atoms with van der Waals surface area (Å²) in [5.41, 5.74) is 0.842. The Labute approximate surface area is 141 Å². The average Bonchev–Trinajstić information content (AvgIpc) is 3.18. The average molecular weight is 328 g/mol. The molecule has 0 bridgehead atoms. The standard InChI is InChI=1S/C17H24N6O/c24-14-3-1-2-13(14)18-8-11-9-22(10-11)16-7-6-15-19-20-17(12-4-5-12)23(15)21-16/h6-7,11-14,18,24H,1-5,8-10H2. The molecule has 0 spiro atoms. The van der Waals surface area contributed by atoms with Crippen molar-refractivity contribution in [2.24, 2.45) is 5.92 Å². The fourth-order valence-corrected chi connectivity index (χ4v) is 3.94. The molecule has 0 aromatic carbocycles. The second-order valence-corrected chi connectivity index (χ2v) is 7.58. The molecule has 7 heteroatoms. The van der Waals surface area contributed by atoms with Gasteiger partial charge in [-0.2, -0.15) is 4.52 Å². The quantitative estimate of drug-likeness (QED) is 0.850. The molecule has 0 radical (unpaired) electrons. The van der Waals surface area contributed by atoms with Gasteiger partial charge in [0, 0.05) is 37.5 Å². The zero-order chi connectivity index (χ0) is 16.1. The number of fused-ring (bicyclic) bond motifs is 1. The summed E-state index contributed by atoms with van der Waals surface area (Å²) in [7, 11) is 0. The number of nitrogens with zero attached hydrogens (tertiary/aromatic N) is 5. The molecular formula is C17H24N6O. The first-order valence-electron chi connectivity index (χ1n) is 9.16. The Kier molecular flexibility index (Phi) is 3.45. The summed E-state index contributed by atoms with van der Waals surface area (Å²) in [4.78, 5) is 2.31. The van der Waals surface area contributed by atoms with Crippen LogP contribution in [0, 0.1) is 5.92 Å². The Morgan fingerprint density at radius 2 is 2.00 bits per heavy atom. The van der Waals surface area contributed by atoms with Gasteiger partial charge < -0.3 is 15.3 Å². The van der Waals surface area contributed by atoms with Gasteiger partial charge in [-0.3, -0.25) is 0 Å². The van der Waals surface area contributed by atoms with Crippen molar-refractivity contribution >= 4 is 11.5 Å². The summed E-state index contributed by atoms with van der Waals surface area (Å²) in [6, 6.07) is 4.36. The van der Waals surface area contributed by atoms with Gasteiger partial charge in [-0.25, -0.2) is 0 Å². The Balaban J connectivity index is 1.21. The van der Waals surface area contributed by atoms with Crippen molar-refractivity contribution in [2.45, 2.75) is 50.2 Å². The molecule has 2 N–H and O–H groups in total. The van der Waals surface area contributed by atoms with E-state index < -0.39 is 0 Å². The van der Waals surface area contributed by atoms with Crippen molar-refractivity contribution in [2.75, 3.05) is 24.5 Å². The molecule has 2 unspecified atom stereocenters. The number of aliphatic hydroxyl groups is 1. The van der Waals surface area contributed by atoms with E-state index in [-0.39, 0.29) is 6.10 Å². The van der Waals surface area contributed by atoms with Gasteiger partial charge in [0.2, 0.25) is 0 Å². The number of nitrogens with one attached hydrogen (secondary N) is 1. The molecule has 1 saturated heterocycles. The molecule has 2 atom stereocenters. The van der Waals surface area contributed by atoms with E-state index in [4.69, 9.17) is 5.10 Å². The fourth-order valence-electron chi connectivity index (χ4n) is 3.94. The minimum Gasteiger partial charge on any atom is -0.392 e. The lowest BCUT2D eigenvalue weighted by molar-refractivity contribution is 0.145. The van der Waals surface area contributed by atoms with Crippen LogP contribution in [0.4, 0.5) is 5.82 Å². The summed E-state index contributed by atoms with van der Waals surface area (Å²) < 4.78 is 1.92. The van der Waals surface area contributed by atoms with Gasteiger partial charge in [0.15, 0.2) is 11.5 Å². The summed E-state index contributed by atoms with van der Waals surface area (Å²) >= 11 is 0. The largest absolute Gasteiger partial charge is 0.392 e. The molecule has 7 nitrogen and oxygen atoms in total. The Morgan fingerprint density at radius 1 is 1.12 bits per heavy atom. The van der Waals surface area contributed by atoms with Crippen molar-refractivity contribution < 1.29 is 5.11 Å². The summed E-state index contributed by atoms with van der Waals surface area (Å²) in [6.07, 6.45) is 5.45. The number of hydrogen-bond donors (Lipinski definition) is 2. The summed E-state index contributed by atoms with van der Waals surface area (Å²) in [5.74, 6) is 3.22. The van der Waals surface area contributed by atoms with Crippen LogP contribution in [0.3, 0.4) is 0 Å². The van der Waals surface area contributed by atoms with Crippen LogP contribution in [0.25, 0.3) is 5.65 Å². The second kappa shape index (κ2) is 5.67. The molecular weight excluding hydrogens is 304 g/mol. The van der Waals surface area contributed by atoms with E-state index in [1.165, 1.54) is 12.8 Å². The molecule has 3 fully saturated rings. The minimum absolute atomic E-state index is 0.153. The molecule has 24 heavy (non-hydrogen) atoms. The van der Waals surface area contributed by atoms with Crippen molar-refractivity contribution in [3.8, 4) is 0 Å². The minimum atomic E-state index is -0.153. The van der Waals surface area contributed by atoms with Crippen molar-refractivity contribution in [1.29, 1.82) is 0 Å². The number of hydrogen-bond acceptors (Lipinski definition) is 6. The SMILES string of the molecule is OC1CCCC1NCC1CN(c2ccc3nnc(C4CC4)n3n2)C1. The number of rotatable bonds is 5. The normalized spacial score (nSPS) is 27.8. The monoisotopic (exact) mass is 328 g/mol. The first-order chi connectivity index (χ1) is 11.8. The van der Waals surface area contributed by atoms with E-state index >= 15 is 0 Å². The van der Waals surface area contributed by atoms with Gasteiger partial charge >= 0.3 is 0 Å². The second-order valence-electron chi connectivity index (χ2n) is 7.58. The molecule has 0 amide bonds. The van der Waals surface area contributed by atoms with Gasteiger partial charge in [-0.1, -0.05) is 0 Å². The van der Waals surface area contributed by atoms with Crippen LogP contribution in [-0.2, 0) is 0 Å². The van der Waals surface area contributed by atoms with Crippen LogP contribution >= 0.6 is 0 Å². The highest BCUT2D eigenvalue weighted by atomic mass is 16.3. The third kappa shape index (κ3) is 2.56. The van der Waals surface area contributed by atoms with E-state index in [0.717, 1.165) is 56.2 Å². The first-order valence-corrected chi connectivity index (χ1v) is 9.16. The van der Waals surface area contributed by atoms with E-state index in [9.17, 15) is 5.11 Å². The van der Waals surface area contributed by atoms with Gasteiger partial charge in [0.1, 0.15) is 5.82 Å². The molecule has 3 aliphatic rings. The van der Waals surface area contributed by atoms with Gasteiger partial charge in [0.25, 0.3) is 0 Å². The van der Waals surface area contributed by atoms with E-state index in [1.807, 2.05) is 16.6 Å². The van der Waals surface area contributed by atoms with E-state index in [0.29, 0.717) is 17.9 Å². The first kappa shape index (κ1) is 14.6. The predicted octanol–water partition coefficient (Wildman–Crippen LogP) is 0.941. The Hall–Kier alpha value is -1.73. The zero-order valence-corrected chi connectivity index (χ0v) is 13.8. The molecule has 5 rings (SSSR count). The highest BCUT2D eigenvalue weighted by Crippen LogP contribution is 2.38. The Bertz CT molecular complexity index is 736. The number of aliphatic hydroxyl groups excluding tert-OH is 1. The predicted molar refractivity (Wildman–Crippen MR) is 90.1 cm³/mol. The van der Waals surface area contributed by atoms with Crippen LogP contribution in [0.15, 0.2) is 12.1 Å². The number of aromatic nitrogens is 4. The lowest BCUT2D eigenvalue weighted by Gasteiger charge is -2.40. The lowest BCUT2D eigenvalue weighted by atomic mass is 9.99. The van der Waals surface area contributed by atoms with Gasteiger partial charge in [-0.15, -0.1) is 15.3 Å². The molecule has 2 aromatic heterocycles. The van der Waals surface area contributed by atoms with Crippen molar-refractivity contribution in [3.05, 3.63) is 18.0 Å². The molecule has 2 aromatic rings. The molecule has 128 valence electrons. The van der Waals surface area contributed by atoms with Crippen LogP contribution in [0.2, 0.25) is 0 Å². The van der Waals surface area contributed by atoms with E-state index in [1.54, 1.807) is 0 Å². The summed E-state index contributed by atoms with van der Waals surface area (Å²) in [5, 5.41) is 26.7. The van der Waals surface area contributed by atoms with E-state index in [2.05, 4.69) is 20.4 Å². The van der Waals surface area contributed by atoms with Crippen LogP contribution in [-0.4, -0.2) is 56.7 Å². The molecule has 3 heterocycles. The van der Waals surface area contributed by atoms with Crippen LogP contribution < -0.4 is 10.2 Å². The molecule has 2 saturated carbocycles. The third-order valence-electron chi connectivity index (χ3n) is 5.64. The fraction of sp³-hybridized carbons (Fsp3) is 0.706. The maximum absolute atomic E-state index is 9.88. The van der Waals surface area contributed by atoms with Crippen LogP contribution in [0.5, 0.6) is 0 Å². The van der Waals surface area contributed by atoms with Crippen LogP contribution in [0.1, 0.15) is 43.8 Å². The van der Waals surface area contributed by atoms with Crippen molar-refractivity contribution in [1.82, 2.24) is 25.1 Å². The smallest absolute Gasteiger partial charge is 0.178 e. The van der Waals surface area contributed by atoms with Gasteiger partial charge in [0.05, 0.1) is 6.10 Å². The number of anilines is 1. The molecule has 1 aliphatic heterocycles. The summed E-state index contributed by atoms with van der Waals surface area (Å²) in [6.45, 7) is 3.03. The topological polar surface area (TPSA) is 78.6 Å². The highest BCUT2D eigenvalue weighted by molar-refractivity contribution is 5.47. The Morgan fingerprint density at radius 3 is 2.75 bits per heavy atom. The highest BCUT2D eigenvalue weighted by Gasteiger charge is 2.32. The van der Waals surface area contributed by atoms with Gasteiger partial charge in [-0.05, 0) is 44.2 Å². The zero-order valence-electron chi connectivity index (χ0n) is 13.8. The molecule has 2 aliphatic carbocycles. The maximum atomic E-state index is 9.88. The maximum Gasteiger partial charge on any atom is 0.178 e.